The number of ketones is 2. The third-order valence-corrected chi connectivity index (χ3v) is 7.58. The zero-order chi connectivity index (χ0) is 24.5. The molecule has 3 aromatic carbocycles. The minimum absolute atomic E-state index is 0.0172. The van der Waals surface area contributed by atoms with Crippen LogP contribution in [0.3, 0.4) is 0 Å². The van der Waals surface area contributed by atoms with E-state index in [1.165, 1.54) is 0 Å². The van der Waals surface area contributed by atoms with E-state index in [2.05, 4.69) is 16.7 Å². The Morgan fingerprint density at radius 2 is 1.57 bits per heavy atom. The fourth-order valence-corrected chi connectivity index (χ4v) is 5.67. The lowest BCUT2D eigenvalue weighted by Gasteiger charge is -2.13. The summed E-state index contributed by atoms with van der Waals surface area (Å²) < 4.78 is 2.19. The Balaban J connectivity index is 1.57. The summed E-state index contributed by atoms with van der Waals surface area (Å²) in [7, 11) is 0. The van der Waals surface area contributed by atoms with Crippen LogP contribution in [0.2, 0.25) is 0 Å². The van der Waals surface area contributed by atoms with Crippen molar-refractivity contribution in [3.8, 4) is 0 Å². The lowest BCUT2D eigenvalue weighted by atomic mass is 9.93. The van der Waals surface area contributed by atoms with Crippen LogP contribution in [-0.2, 0) is 6.54 Å². The first kappa shape index (κ1) is 23.2. The van der Waals surface area contributed by atoms with Crippen LogP contribution >= 0.6 is 0 Å². The molecule has 0 spiro atoms. The topological polar surface area (TPSA) is 68.5 Å². The highest BCUT2D eigenvalue weighted by molar-refractivity contribution is 6.16. The lowest BCUT2D eigenvalue weighted by molar-refractivity contribution is 0.0949. The Labute approximate surface area is 205 Å². The zero-order valence-corrected chi connectivity index (χ0v) is 20.3. The van der Waals surface area contributed by atoms with Gasteiger partial charge in [0.1, 0.15) is 0 Å². The van der Waals surface area contributed by atoms with E-state index in [9.17, 15) is 14.5 Å². The van der Waals surface area contributed by atoms with E-state index in [0.29, 0.717) is 29.0 Å². The van der Waals surface area contributed by atoms with E-state index < -0.39 is 6.04 Å². The van der Waals surface area contributed by atoms with E-state index in [1.807, 2.05) is 67.6 Å². The minimum Gasteiger partial charge on any atom is -0.341 e. The molecule has 35 heavy (non-hydrogen) atoms. The van der Waals surface area contributed by atoms with Crippen LogP contribution in [0.4, 0.5) is 0 Å². The van der Waals surface area contributed by atoms with Crippen molar-refractivity contribution in [3.63, 3.8) is 0 Å². The Morgan fingerprint density at radius 3 is 2.20 bits per heavy atom. The summed E-state index contributed by atoms with van der Waals surface area (Å²) in [5, 5.41) is 5.07. The van der Waals surface area contributed by atoms with E-state index in [1.54, 1.807) is 0 Å². The Bertz CT molecular complexity index is 1440. The number of aromatic nitrogens is 1. The van der Waals surface area contributed by atoms with Gasteiger partial charge in [0.05, 0.1) is 0 Å². The van der Waals surface area contributed by atoms with E-state index in [-0.39, 0.29) is 11.6 Å². The number of aryl methyl sites for hydroxylation is 2. The highest BCUT2D eigenvalue weighted by Gasteiger charge is 2.27. The maximum absolute atomic E-state index is 13.3. The molecule has 0 saturated heterocycles. The standard InChI is InChI=1S/C30H30N2O3/c1-3-32-27-14-12-21(29(33)23-11-7-4-8-19(23)2)17-24(27)25-18-22(13-15-28(25)32)30(34)26(31-35)16-20-9-5-6-10-20/h4,7-8,11-15,17-18,20,26H,3,5-6,9-10,16H2,1-2H3. The maximum Gasteiger partial charge on any atom is 0.193 e. The Morgan fingerprint density at radius 1 is 0.943 bits per heavy atom. The molecule has 5 heteroatoms. The number of Topliss-reactive ketones (excluding diaryl/α,β-unsaturated/α-hetero) is 1. The number of hydrogen-bond acceptors (Lipinski definition) is 4. The average molecular weight is 467 g/mol. The first-order valence-electron chi connectivity index (χ1n) is 12.5. The number of rotatable bonds is 8. The number of nitroso groups, excluding NO2 is 1. The van der Waals surface area contributed by atoms with Crippen molar-refractivity contribution in [2.24, 2.45) is 11.1 Å². The van der Waals surface area contributed by atoms with Crippen LogP contribution < -0.4 is 0 Å². The van der Waals surface area contributed by atoms with Gasteiger partial charge in [0.15, 0.2) is 17.6 Å². The first-order chi connectivity index (χ1) is 17.0. The van der Waals surface area contributed by atoms with Crippen LogP contribution in [0.25, 0.3) is 21.8 Å². The summed E-state index contributed by atoms with van der Waals surface area (Å²) in [5.74, 6) is 0.178. The summed E-state index contributed by atoms with van der Waals surface area (Å²) in [4.78, 5) is 38.1. The average Bonchev–Trinajstić information content (AvgIpc) is 3.51. The molecule has 0 radical (unpaired) electrons. The smallest absolute Gasteiger partial charge is 0.193 e. The van der Waals surface area contributed by atoms with Gasteiger partial charge in [-0.25, -0.2) is 0 Å². The highest BCUT2D eigenvalue weighted by atomic mass is 16.3. The van der Waals surface area contributed by atoms with Gasteiger partial charge in [-0.05, 0) is 68.1 Å². The van der Waals surface area contributed by atoms with Crippen LogP contribution in [0.1, 0.15) is 70.9 Å². The second-order valence-electron chi connectivity index (χ2n) is 9.72. The van der Waals surface area contributed by atoms with Gasteiger partial charge in [0.25, 0.3) is 0 Å². The van der Waals surface area contributed by atoms with Crippen molar-refractivity contribution in [1.29, 1.82) is 0 Å². The third kappa shape index (κ3) is 4.20. The molecular weight excluding hydrogens is 436 g/mol. The van der Waals surface area contributed by atoms with Crippen molar-refractivity contribution in [2.45, 2.75) is 58.5 Å². The molecule has 1 fully saturated rings. The molecule has 178 valence electrons. The number of fused-ring (bicyclic) bond motifs is 3. The Hall–Kier alpha value is -3.60. The molecule has 5 nitrogen and oxygen atoms in total. The molecular formula is C30H30N2O3. The lowest BCUT2D eigenvalue weighted by Crippen LogP contribution is -2.21. The van der Waals surface area contributed by atoms with Crippen molar-refractivity contribution in [2.75, 3.05) is 0 Å². The molecule has 5 rings (SSSR count). The molecule has 0 bridgehead atoms. The molecule has 0 N–H and O–H groups in total. The molecule has 1 aromatic heterocycles. The summed E-state index contributed by atoms with van der Waals surface area (Å²) >= 11 is 0. The van der Waals surface area contributed by atoms with Crippen LogP contribution in [-0.4, -0.2) is 22.2 Å². The molecule has 0 amide bonds. The van der Waals surface area contributed by atoms with Gasteiger partial charge in [-0.2, -0.15) is 4.91 Å². The van der Waals surface area contributed by atoms with Crippen LogP contribution in [0, 0.1) is 17.7 Å². The number of benzene rings is 3. The number of carbonyl (C=O) groups is 2. The molecule has 0 aliphatic heterocycles. The third-order valence-electron chi connectivity index (χ3n) is 7.58. The summed E-state index contributed by atoms with van der Waals surface area (Å²) in [6, 6.07) is 18.2. The van der Waals surface area contributed by atoms with Crippen LogP contribution in [0.15, 0.2) is 65.8 Å². The normalized spacial score (nSPS) is 15.0. The fraction of sp³-hybridized carbons (Fsp3) is 0.333. The van der Waals surface area contributed by atoms with Gasteiger partial charge < -0.3 is 4.57 Å². The molecule has 1 heterocycles. The minimum atomic E-state index is -0.840. The maximum atomic E-state index is 13.3. The molecule has 1 aliphatic carbocycles. The number of carbonyl (C=O) groups excluding carboxylic acids is 2. The SMILES string of the molecule is CCn1c2ccc(C(=O)c3ccccc3C)cc2c2cc(C(=O)C(CC3CCCC3)N=O)ccc21. The molecule has 1 unspecified atom stereocenters. The van der Waals surface area contributed by atoms with Gasteiger partial charge >= 0.3 is 0 Å². The van der Waals surface area contributed by atoms with Gasteiger partial charge in [0.2, 0.25) is 0 Å². The second kappa shape index (κ2) is 9.57. The van der Waals surface area contributed by atoms with Gasteiger partial charge in [-0.15, -0.1) is 0 Å². The highest BCUT2D eigenvalue weighted by Crippen LogP contribution is 2.33. The predicted octanol–water partition coefficient (Wildman–Crippen LogP) is 7.25. The molecule has 4 aromatic rings. The Kier molecular flexibility index (Phi) is 6.33. The second-order valence-corrected chi connectivity index (χ2v) is 9.72. The van der Waals surface area contributed by atoms with Gasteiger partial charge in [-0.1, -0.05) is 55.1 Å². The van der Waals surface area contributed by atoms with E-state index >= 15 is 0 Å². The van der Waals surface area contributed by atoms with Crippen molar-refractivity contribution in [1.82, 2.24) is 4.57 Å². The van der Waals surface area contributed by atoms with Crippen molar-refractivity contribution in [3.05, 3.63) is 87.8 Å². The van der Waals surface area contributed by atoms with E-state index in [4.69, 9.17) is 0 Å². The monoisotopic (exact) mass is 466 g/mol. The van der Waals surface area contributed by atoms with Crippen molar-refractivity contribution >= 4 is 33.4 Å². The van der Waals surface area contributed by atoms with Crippen molar-refractivity contribution < 1.29 is 9.59 Å². The zero-order valence-electron chi connectivity index (χ0n) is 20.3. The fourth-order valence-electron chi connectivity index (χ4n) is 5.67. The summed E-state index contributed by atoms with van der Waals surface area (Å²) in [6.07, 6.45) is 5.00. The largest absolute Gasteiger partial charge is 0.341 e. The summed E-state index contributed by atoms with van der Waals surface area (Å²) in [5.41, 5.74) is 4.78. The van der Waals surface area contributed by atoms with Gasteiger partial charge in [0, 0.05) is 45.0 Å². The first-order valence-corrected chi connectivity index (χ1v) is 12.5. The molecule has 1 atom stereocenters. The number of hydrogen-bond donors (Lipinski definition) is 0. The summed E-state index contributed by atoms with van der Waals surface area (Å²) in [6.45, 7) is 4.78. The van der Waals surface area contributed by atoms with E-state index in [0.717, 1.165) is 59.6 Å². The predicted molar refractivity (Wildman–Crippen MR) is 140 cm³/mol. The van der Waals surface area contributed by atoms with Gasteiger partial charge in [-0.3, -0.25) is 9.59 Å². The quantitative estimate of drug-likeness (QED) is 0.203. The number of nitrogens with zero attached hydrogens (tertiary/aromatic N) is 2. The van der Waals surface area contributed by atoms with Crippen LogP contribution in [0.5, 0.6) is 0 Å². The molecule has 1 aliphatic rings. The molecule has 1 saturated carbocycles.